The molecule has 5 nitrogen and oxygen atoms in total. The fraction of sp³-hybridized carbons (Fsp3) is 0.833. The summed E-state index contributed by atoms with van der Waals surface area (Å²) >= 11 is 0. The smallest absolute Gasteiger partial charge is 0.410 e. The predicted molar refractivity (Wildman–Crippen MR) is 62.8 cm³/mol. The van der Waals surface area contributed by atoms with E-state index in [9.17, 15) is 14.7 Å². The summed E-state index contributed by atoms with van der Waals surface area (Å²) < 4.78 is 5.23. The molecule has 17 heavy (non-hydrogen) atoms. The van der Waals surface area contributed by atoms with Crippen molar-refractivity contribution in [3.05, 3.63) is 0 Å². The van der Waals surface area contributed by atoms with E-state index < -0.39 is 23.1 Å². The number of ether oxygens (including phenoxy) is 1. The summed E-state index contributed by atoms with van der Waals surface area (Å²) in [5, 5.41) is 9.22. The molecule has 1 amide bonds. The summed E-state index contributed by atoms with van der Waals surface area (Å²) in [6, 6.07) is 0. The van der Waals surface area contributed by atoms with Crippen LogP contribution in [0, 0.1) is 5.41 Å². The van der Waals surface area contributed by atoms with Crippen molar-refractivity contribution in [2.45, 2.75) is 46.1 Å². The zero-order chi connectivity index (χ0) is 13.3. The predicted octanol–water partition coefficient (Wildman–Crippen LogP) is 2.11. The van der Waals surface area contributed by atoms with Crippen LogP contribution in [0.3, 0.4) is 0 Å². The Morgan fingerprint density at radius 2 is 2.00 bits per heavy atom. The van der Waals surface area contributed by atoms with Crippen molar-refractivity contribution in [1.82, 2.24) is 4.90 Å². The number of aliphatic carboxylic acids is 1. The fourth-order valence-corrected chi connectivity index (χ4v) is 1.97. The quantitative estimate of drug-likeness (QED) is 0.806. The largest absolute Gasteiger partial charge is 0.481 e. The van der Waals surface area contributed by atoms with Gasteiger partial charge in [0.05, 0.1) is 5.41 Å². The lowest BCUT2D eigenvalue weighted by Crippen LogP contribution is -2.39. The van der Waals surface area contributed by atoms with Crippen LogP contribution < -0.4 is 0 Å². The highest BCUT2D eigenvalue weighted by atomic mass is 16.6. The topological polar surface area (TPSA) is 66.8 Å². The summed E-state index contributed by atoms with van der Waals surface area (Å²) in [5.74, 6) is -0.828. The summed E-state index contributed by atoms with van der Waals surface area (Å²) in [6.45, 7) is 7.93. The van der Waals surface area contributed by atoms with Crippen molar-refractivity contribution in [2.24, 2.45) is 5.41 Å². The van der Waals surface area contributed by atoms with Crippen LogP contribution in [0.1, 0.15) is 40.5 Å². The number of likely N-dealkylation sites (tertiary alicyclic amines) is 1. The standard InChI is InChI=1S/C12H21NO4/c1-5-12(9(14)15)6-7-13(8-12)10(16)17-11(2,3)4/h5-8H2,1-4H3,(H,14,15). The molecule has 1 atom stereocenters. The van der Waals surface area contributed by atoms with Crippen LogP contribution >= 0.6 is 0 Å². The van der Waals surface area contributed by atoms with Gasteiger partial charge in [-0.2, -0.15) is 0 Å². The van der Waals surface area contributed by atoms with E-state index in [0.717, 1.165) is 0 Å². The molecule has 0 aliphatic carbocycles. The van der Waals surface area contributed by atoms with Crippen LogP contribution in [0.4, 0.5) is 4.79 Å². The van der Waals surface area contributed by atoms with Gasteiger partial charge in [0.2, 0.25) is 0 Å². The van der Waals surface area contributed by atoms with Gasteiger partial charge >= 0.3 is 12.1 Å². The normalized spacial score (nSPS) is 24.8. The maximum Gasteiger partial charge on any atom is 0.410 e. The van der Waals surface area contributed by atoms with Crippen molar-refractivity contribution < 1.29 is 19.4 Å². The molecular formula is C12H21NO4. The maximum absolute atomic E-state index is 11.8. The highest BCUT2D eigenvalue weighted by molar-refractivity contribution is 5.77. The Morgan fingerprint density at radius 1 is 1.41 bits per heavy atom. The average Bonchev–Trinajstić information content (AvgIpc) is 2.60. The van der Waals surface area contributed by atoms with Gasteiger partial charge in [0.15, 0.2) is 0 Å². The Hall–Kier alpha value is -1.26. The third-order valence-electron chi connectivity index (χ3n) is 3.14. The molecule has 0 aromatic rings. The number of carbonyl (C=O) groups is 2. The maximum atomic E-state index is 11.8. The van der Waals surface area contributed by atoms with Crippen LogP contribution in [0.25, 0.3) is 0 Å². The Balaban J connectivity index is 2.67. The van der Waals surface area contributed by atoms with Gasteiger partial charge in [-0.1, -0.05) is 6.92 Å². The summed E-state index contributed by atoms with van der Waals surface area (Å²) in [7, 11) is 0. The van der Waals surface area contributed by atoms with Gasteiger partial charge in [-0.3, -0.25) is 4.79 Å². The SMILES string of the molecule is CCC1(C(=O)O)CCN(C(=O)OC(C)(C)C)C1. The second kappa shape index (κ2) is 4.55. The summed E-state index contributed by atoms with van der Waals surface area (Å²) in [4.78, 5) is 24.5. The minimum absolute atomic E-state index is 0.244. The lowest BCUT2D eigenvalue weighted by atomic mass is 9.84. The van der Waals surface area contributed by atoms with E-state index in [-0.39, 0.29) is 6.54 Å². The zero-order valence-electron chi connectivity index (χ0n) is 10.9. The van der Waals surface area contributed by atoms with Crippen molar-refractivity contribution in [2.75, 3.05) is 13.1 Å². The molecule has 0 aromatic carbocycles. The van der Waals surface area contributed by atoms with Gasteiger partial charge in [-0.15, -0.1) is 0 Å². The number of hydrogen-bond acceptors (Lipinski definition) is 3. The van der Waals surface area contributed by atoms with Gasteiger partial charge in [0.25, 0.3) is 0 Å². The van der Waals surface area contributed by atoms with Gasteiger partial charge in [0.1, 0.15) is 5.60 Å². The minimum Gasteiger partial charge on any atom is -0.481 e. The molecule has 1 fully saturated rings. The molecule has 98 valence electrons. The third kappa shape index (κ3) is 3.11. The molecule has 0 bridgehead atoms. The van der Waals surface area contributed by atoms with E-state index in [1.54, 1.807) is 20.8 Å². The Kier molecular flexibility index (Phi) is 3.69. The number of rotatable bonds is 2. The molecule has 1 rings (SSSR count). The molecule has 1 aliphatic rings. The lowest BCUT2D eigenvalue weighted by Gasteiger charge is -2.26. The van der Waals surface area contributed by atoms with Crippen molar-refractivity contribution in [1.29, 1.82) is 0 Å². The van der Waals surface area contributed by atoms with Crippen LogP contribution in [0.5, 0.6) is 0 Å². The van der Waals surface area contributed by atoms with Crippen LogP contribution in [-0.4, -0.2) is 40.8 Å². The third-order valence-corrected chi connectivity index (χ3v) is 3.14. The molecule has 1 aliphatic heterocycles. The summed E-state index contributed by atoms with van der Waals surface area (Å²) in [5.41, 5.74) is -1.34. The molecule has 1 heterocycles. The molecule has 0 aromatic heterocycles. The molecule has 5 heteroatoms. The Labute approximate surface area is 102 Å². The second-order valence-electron chi connectivity index (χ2n) is 5.59. The molecule has 0 spiro atoms. The number of nitrogens with zero attached hydrogens (tertiary/aromatic N) is 1. The molecular weight excluding hydrogens is 222 g/mol. The first-order valence-electron chi connectivity index (χ1n) is 5.91. The molecule has 1 unspecified atom stereocenters. The van der Waals surface area contributed by atoms with Crippen molar-refractivity contribution in [3.63, 3.8) is 0 Å². The van der Waals surface area contributed by atoms with E-state index >= 15 is 0 Å². The number of carboxylic acids is 1. The zero-order valence-corrected chi connectivity index (χ0v) is 10.9. The average molecular weight is 243 g/mol. The van der Waals surface area contributed by atoms with Crippen LogP contribution in [0.2, 0.25) is 0 Å². The van der Waals surface area contributed by atoms with Crippen LogP contribution in [-0.2, 0) is 9.53 Å². The lowest BCUT2D eigenvalue weighted by molar-refractivity contribution is -0.148. The van der Waals surface area contributed by atoms with E-state index in [2.05, 4.69) is 0 Å². The first kappa shape index (κ1) is 13.8. The second-order valence-corrected chi connectivity index (χ2v) is 5.59. The van der Waals surface area contributed by atoms with E-state index in [1.165, 1.54) is 4.90 Å². The first-order chi connectivity index (χ1) is 7.70. The first-order valence-corrected chi connectivity index (χ1v) is 5.91. The highest BCUT2D eigenvalue weighted by Gasteiger charge is 2.45. The Bertz CT molecular complexity index is 321. The molecule has 0 saturated carbocycles. The number of hydrogen-bond donors (Lipinski definition) is 1. The van der Waals surface area contributed by atoms with Gasteiger partial charge in [0, 0.05) is 13.1 Å². The number of amides is 1. The fourth-order valence-electron chi connectivity index (χ4n) is 1.97. The van der Waals surface area contributed by atoms with Gasteiger partial charge in [-0.25, -0.2) is 4.79 Å². The Morgan fingerprint density at radius 3 is 2.35 bits per heavy atom. The molecule has 1 N–H and O–H groups in total. The highest BCUT2D eigenvalue weighted by Crippen LogP contribution is 2.34. The monoisotopic (exact) mass is 243 g/mol. The molecule has 0 radical (unpaired) electrons. The number of carboxylic acid groups (broad SMARTS) is 1. The molecule has 1 saturated heterocycles. The number of carbonyl (C=O) groups excluding carboxylic acids is 1. The van der Waals surface area contributed by atoms with Crippen LogP contribution in [0.15, 0.2) is 0 Å². The van der Waals surface area contributed by atoms with E-state index in [1.807, 2.05) is 6.92 Å². The van der Waals surface area contributed by atoms with Gasteiger partial charge in [-0.05, 0) is 33.6 Å². The van der Waals surface area contributed by atoms with Crippen molar-refractivity contribution >= 4 is 12.1 Å². The van der Waals surface area contributed by atoms with Gasteiger partial charge < -0.3 is 14.7 Å². The van der Waals surface area contributed by atoms with E-state index in [0.29, 0.717) is 19.4 Å². The van der Waals surface area contributed by atoms with E-state index in [4.69, 9.17) is 4.74 Å². The minimum atomic E-state index is -0.828. The van der Waals surface area contributed by atoms with Crippen molar-refractivity contribution in [3.8, 4) is 0 Å². The summed E-state index contributed by atoms with van der Waals surface area (Å²) in [6.07, 6.45) is 0.605.